The number of nitriles is 2. The van der Waals surface area contributed by atoms with Crippen LogP contribution in [0.25, 0.3) is 33.4 Å². The van der Waals surface area contributed by atoms with E-state index in [0.29, 0.717) is 35.6 Å². The van der Waals surface area contributed by atoms with Crippen LogP contribution in [0.1, 0.15) is 105 Å². The molecule has 3 N–H and O–H groups in total. The largest absolute Gasteiger partial charge is 0.497 e. The van der Waals surface area contributed by atoms with Crippen molar-refractivity contribution in [1.29, 1.82) is 10.5 Å². The maximum absolute atomic E-state index is 13.0. The van der Waals surface area contributed by atoms with Crippen LogP contribution in [0.2, 0.25) is 0 Å². The van der Waals surface area contributed by atoms with Crippen molar-refractivity contribution in [3.05, 3.63) is 149 Å². The minimum Gasteiger partial charge on any atom is -0.497 e. The van der Waals surface area contributed by atoms with Crippen LogP contribution in [0.5, 0.6) is 17.2 Å². The second-order valence-corrected chi connectivity index (χ2v) is 25.7. The molecule has 13 rings (SSSR count). The predicted octanol–water partition coefficient (Wildman–Crippen LogP) is 11.8. The molecule has 4 aliphatic heterocycles. The zero-order valence-electron chi connectivity index (χ0n) is 53.7. The maximum atomic E-state index is 13.0. The molecule has 486 valence electrons. The van der Waals surface area contributed by atoms with E-state index in [1.54, 1.807) is 46.1 Å². The third-order valence-electron chi connectivity index (χ3n) is 17.0. The second kappa shape index (κ2) is 31.3. The number of halogens is 1. The topological polar surface area (TPSA) is 249 Å². The Balaban J connectivity index is 0.000000143. The van der Waals surface area contributed by atoms with Crippen LogP contribution in [0, 0.1) is 22.7 Å². The van der Waals surface area contributed by atoms with E-state index in [1.165, 1.54) is 12.8 Å². The number of aromatic nitrogens is 4. The Morgan fingerprint density at radius 2 is 0.862 bits per heavy atom. The number of nitrogens with one attached hydrogen (secondary N) is 3. The van der Waals surface area contributed by atoms with Crippen molar-refractivity contribution in [2.24, 2.45) is 4.99 Å². The number of nitrogens with zero attached hydrogens (tertiary/aromatic N) is 11. The summed E-state index contributed by atoms with van der Waals surface area (Å²) < 4.78 is 21.8. The fraction of sp³-hybridized carbons (Fsp3) is 0.380. The highest BCUT2D eigenvalue weighted by Gasteiger charge is 2.35. The van der Waals surface area contributed by atoms with E-state index in [9.17, 15) is 14.4 Å². The van der Waals surface area contributed by atoms with Crippen LogP contribution < -0.4 is 49.8 Å². The summed E-state index contributed by atoms with van der Waals surface area (Å²) in [6.07, 6.45) is 14.1. The van der Waals surface area contributed by atoms with Gasteiger partial charge in [0.1, 0.15) is 35.0 Å². The number of alkyl carbamates (subject to hydrolysis) is 1. The first-order valence-electron chi connectivity index (χ1n) is 31.6. The number of carbonyl (C=O) groups is 3. The Morgan fingerprint density at radius 3 is 1.22 bits per heavy atom. The van der Waals surface area contributed by atoms with E-state index < -0.39 is 11.7 Å². The third kappa shape index (κ3) is 17.1. The van der Waals surface area contributed by atoms with E-state index in [4.69, 9.17) is 29.5 Å². The molecular weight excluding hydrogens is 1270 g/mol. The average molecular weight is 1350 g/mol. The molecule has 21 nitrogen and oxygen atoms in total. The summed E-state index contributed by atoms with van der Waals surface area (Å²) in [5, 5.41) is 29.4. The smallest absolute Gasteiger partial charge is 0.407 e. The molecule has 6 aliphatic rings. The van der Waals surface area contributed by atoms with Gasteiger partial charge in [-0.05, 0) is 178 Å². The number of hydrogen-bond donors (Lipinski definition) is 3. The summed E-state index contributed by atoms with van der Waals surface area (Å²) in [4.78, 5) is 68.0. The van der Waals surface area contributed by atoms with Gasteiger partial charge in [-0.2, -0.15) is 10.5 Å². The number of thiocarbonyl (C=S) groups is 1. The van der Waals surface area contributed by atoms with Gasteiger partial charge in [-0.1, -0.05) is 36.4 Å². The Kier molecular flexibility index (Phi) is 22.4. The van der Waals surface area contributed by atoms with E-state index in [1.807, 2.05) is 112 Å². The Labute approximate surface area is 562 Å². The van der Waals surface area contributed by atoms with Gasteiger partial charge in [0, 0.05) is 116 Å². The van der Waals surface area contributed by atoms with Gasteiger partial charge in [-0.15, -0.1) is 0 Å². The number of methoxy groups -OCH3 is 3. The Bertz CT molecular complexity index is 3940. The highest BCUT2D eigenvalue weighted by molar-refractivity contribution is 9.10. The monoisotopic (exact) mass is 1350 g/mol. The minimum atomic E-state index is -0.529. The van der Waals surface area contributed by atoms with Crippen molar-refractivity contribution >= 4 is 74.0 Å². The van der Waals surface area contributed by atoms with Gasteiger partial charge in [-0.25, -0.2) is 29.7 Å². The van der Waals surface area contributed by atoms with E-state index in [-0.39, 0.29) is 36.0 Å². The van der Waals surface area contributed by atoms with Crippen LogP contribution in [0.15, 0.2) is 131 Å². The van der Waals surface area contributed by atoms with E-state index in [0.717, 1.165) is 156 Å². The van der Waals surface area contributed by atoms with Crippen molar-refractivity contribution in [2.75, 3.05) is 93.3 Å². The zero-order valence-corrected chi connectivity index (χ0v) is 56.1. The molecular formula is C71H77BrN14O7S. The lowest BCUT2D eigenvalue weighted by Crippen LogP contribution is -2.54. The molecule has 2 saturated carbocycles. The third-order valence-corrected chi connectivity index (χ3v) is 17.6. The van der Waals surface area contributed by atoms with Gasteiger partial charge >= 0.3 is 6.09 Å². The second-order valence-electron chi connectivity index (χ2n) is 24.6. The molecule has 7 aromatic rings. The predicted molar refractivity (Wildman–Crippen MR) is 370 cm³/mol. The fourth-order valence-electron chi connectivity index (χ4n) is 11.0. The highest BCUT2D eigenvalue weighted by Crippen LogP contribution is 2.35. The minimum absolute atomic E-state index is 0.00439. The maximum Gasteiger partial charge on any atom is 0.407 e. The number of pyridine rings is 4. The number of aliphatic imine (C=N–C) groups is 1. The van der Waals surface area contributed by atoms with Crippen LogP contribution in [-0.2, 0) is 4.74 Å². The number of carbonyl (C=O) groups excluding carboxylic acids is 3. The van der Waals surface area contributed by atoms with Crippen molar-refractivity contribution in [3.63, 3.8) is 0 Å². The molecule has 2 aliphatic carbocycles. The lowest BCUT2D eigenvalue weighted by Gasteiger charge is -2.37. The zero-order chi connectivity index (χ0) is 66.3. The van der Waals surface area contributed by atoms with Gasteiger partial charge < -0.3 is 54.5 Å². The first-order chi connectivity index (χ1) is 45.5. The highest BCUT2D eigenvalue weighted by atomic mass is 79.9. The lowest BCUT2D eigenvalue weighted by molar-refractivity contribution is 0.0464. The summed E-state index contributed by atoms with van der Waals surface area (Å²) in [7, 11) is 4.95. The molecule has 23 heteroatoms. The standard InChI is InChI=1S/C25H32N4O4.C21H22N4O2S.C16H15N3O.C9H8BrN3/c1-25(2,3)33-24(31)28-19-13-18(14-19)27-23(30)22-21(29-10-5-11-29)12-17(15-26-22)16-6-8-20(32-4)9-7-16;1-27-18-5-3-14(4-6-18)15-9-19(25-7-2-8-25)20(22-12-15)21(26)24-17-10-16(11-17)23-13-28;1-20-14-5-3-12(4-6-14)13-9-16(19-7-2-8-19)15(10-17)18-11-13;10-7-4-9(13-2-1-3-13)8(5-11)12-6-7/h6-9,12,15,18-19H,5,10-11,13-14H2,1-4H3,(H,27,30)(H,28,31);3-6,9,12,16-17H,2,7-8,10-11H2,1H3,(H,24,26);3-6,9,11H,2,7-8H2,1H3;4,6H,1-3H2. The Morgan fingerprint density at radius 1 is 0.511 bits per heavy atom. The van der Waals surface area contributed by atoms with Gasteiger partial charge in [0.15, 0.2) is 22.8 Å². The molecule has 6 fully saturated rings. The normalized spacial score (nSPS) is 17.9. The van der Waals surface area contributed by atoms with Crippen LogP contribution in [0.3, 0.4) is 0 Å². The number of anilines is 4. The Hall–Kier alpha value is -9.67. The first kappa shape index (κ1) is 67.2. The molecule has 0 radical (unpaired) electrons. The molecule has 0 bridgehead atoms. The number of isothiocyanates is 1. The van der Waals surface area contributed by atoms with Crippen molar-refractivity contribution in [2.45, 2.75) is 102 Å². The lowest BCUT2D eigenvalue weighted by atomic mass is 9.86. The molecule has 4 aromatic heterocycles. The molecule has 0 unspecified atom stereocenters. The molecule has 94 heavy (non-hydrogen) atoms. The number of hydrogen-bond acceptors (Lipinski definition) is 19. The fourth-order valence-corrected chi connectivity index (χ4v) is 11.5. The number of benzene rings is 3. The van der Waals surface area contributed by atoms with E-state index in [2.05, 4.69) is 112 Å². The number of ether oxygens (including phenoxy) is 4. The summed E-state index contributed by atoms with van der Waals surface area (Å²) in [5.74, 6) is 2.13. The summed E-state index contributed by atoms with van der Waals surface area (Å²) in [6.45, 7) is 13.3. The van der Waals surface area contributed by atoms with E-state index >= 15 is 0 Å². The SMILES string of the molecule is COc1ccc(-c2cnc(C#N)c(N3CCC3)c2)cc1.COc1ccc(-c2cnc(C(=O)NC3CC(N=C=S)C3)c(N3CCC3)c2)cc1.COc1ccc(-c2cnc(C(=O)NC3CC(NC(=O)OC(C)(C)C)C3)c(N3CCC3)c2)cc1.N#Cc1ncc(Br)cc1N1CCC1. The summed E-state index contributed by atoms with van der Waals surface area (Å²) in [6, 6.07) is 36.2. The van der Waals surface area contributed by atoms with Crippen LogP contribution in [0.4, 0.5) is 27.5 Å². The van der Waals surface area contributed by atoms with Crippen molar-refractivity contribution in [3.8, 4) is 62.8 Å². The van der Waals surface area contributed by atoms with Crippen LogP contribution >= 0.6 is 28.1 Å². The summed E-state index contributed by atoms with van der Waals surface area (Å²) in [5.41, 5.74) is 11.2. The molecule has 4 saturated heterocycles. The van der Waals surface area contributed by atoms with Crippen molar-refractivity contribution in [1.82, 2.24) is 35.9 Å². The molecule has 0 atom stereocenters. The van der Waals surface area contributed by atoms with Gasteiger partial charge in [0.05, 0.1) is 55.3 Å². The number of rotatable bonds is 16. The van der Waals surface area contributed by atoms with Gasteiger partial charge in [0.2, 0.25) is 0 Å². The average Bonchev–Trinajstić information content (AvgIpc) is 0.809. The quantitative estimate of drug-likeness (QED) is 0.0601. The summed E-state index contributed by atoms with van der Waals surface area (Å²) >= 11 is 7.99. The molecule has 3 aromatic carbocycles. The van der Waals surface area contributed by atoms with Gasteiger partial charge in [0.25, 0.3) is 11.8 Å². The number of amides is 3. The van der Waals surface area contributed by atoms with Crippen LogP contribution in [-0.4, -0.2) is 146 Å². The first-order valence-corrected chi connectivity index (χ1v) is 32.8. The molecule has 8 heterocycles. The van der Waals surface area contributed by atoms with Gasteiger partial charge in [-0.3, -0.25) is 9.59 Å². The van der Waals surface area contributed by atoms with Crippen molar-refractivity contribution < 1.29 is 33.3 Å². The molecule has 0 spiro atoms. The molecule has 3 amide bonds.